The third-order valence-electron chi connectivity index (χ3n) is 4.58. The first-order chi connectivity index (χ1) is 14.1. The number of pyridine rings is 1. The highest BCUT2D eigenvalue weighted by molar-refractivity contribution is 5.62. The van der Waals surface area contributed by atoms with E-state index in [-0.39, 0.29) is 0 Å². The predicted molar refractivity (Wildman–Crippen MR) is 119 cm³/mol. The second-order valence-electron chi connectivity index (χ2n) is 5.96. The molecule has 0 amide bonds. The lowest BCUT2D eigenvalue weighted by Crippen LogP contribution is -2.34. The van der Waals surface area contributed by atoms with Gasteiger partial charge in [-0.05, 0) is 25.5 Å². The highest BCUT2D eigenvalue weighted by atomic mass is 16.5. The summed E-state index contributed by atoms with van der Waals surface area (Å²) in [6.45, 7) is 15.9. The van der Waals surface area contributed by atoms with Crippen molar-refractivity contribution in [3.63, 3.8) is 0 Å². The third-order valence-corrected chi connectivity index (χ3v) is 4.58. The van der Waals surface area contributed by atoms with Gasteiger partial charge in [0.15, 0.2) is 17.5 Å². The van der Waals surface area contributed by atoms with Crippen LogP contribution in [0, 0.1) is 13.8 Å². The maximum atomic E-state index is 10.5. The average molecular weight is 401 g/mol. The number of hydrogen-bond acceptors (Lipinski definition) is 4. The smallest absolute Gasteiger partial charge is 0.180 e. The van der Waals surface area contributed by atoms with Gasteiger partial charge in [-0.25, -0.2) is 4.98 Å². The van der Waals surface area contributed by atoms with Gasteiger partial charge in [0.2, 0.25) is 0 Å². The fraction of sp³-hybridized carbons (Fsp3) is 0.458. The molecule has 4 rings (SSSR count). The zero-order chi connectivity index (χ0) is 22.1. The molecule has 0 saturated heterocycles. The molecule has 5 heteroatoms. The quantitative estimate of drug-likeness (QED) is 0.561. The number of fused-ring (bicyclic) bond motifs is 3. The van der Waals surface area contributed by atoms with Crippen molar-refractivity contribution in [2.24, 2.45) is 0 Å². The normalized spacial score (nSPS) is 19.3. The van der Waals surface area contributed by atoms with Crippen LogP contribution in [0.1, 0.15) is 76.3 Å². The fourth-order valence-electron chi connectivity index (χ4n) is 3.14. The molecule has 29 heavy (non-hydrogen) atoms. The van der Waals surface area contributed by atoms with Gasteiger partial charge in [0, 0.05) is 17.5 Å². The number of aryl methyl sites for hydroxylation is 2. The lowest BCUT2D eigenvalue weighted by molar-refractivity contribution is -0.0695. The van der Waals surface area contributed by atoms with Gasteiger partial charge < -0.3 is 19.4 Å². The summed E-state index contributed by atoms with van der Waals surface area (Å²) in [6, 6.07) is 11.2. The molecule has 3 heterocycles. The van der Waals surface area contributed by atoms with Gasteiger partial charge in [0.1, 0.15) is 12.2 Å². The van der Waals surface area contributed by atoms with E-state index in [0.29, 0.717) is 17.0 Å². The highest BCUT2D eigenvalue weighted by Crippen LogP contribution is 2.43. The topological polar surface area (TPSA) is 67.0 Å². The van der Waals surface area contributed by atoms with Crippen molar-refractivity contribution < 1.29 is 14.9 Å². The van der Waals surface area contributed by atoms with Gasteiger partial charge >= 0.3 is 0 Å². The van der Waals surface area contributed by atoms with Crippen molar-refractivity contribution in [1.82, 2.24) is 9.38 Å². The number of ether oxygens (including phenoxy) is 1. The van der Waals surface area contributed by atoms with E-state index in [1.165, 1.54) is 0 Å². The minimum atomic E-state index is -1.02. The zero-order valence-electron chi connectivity index (χ0n) is 19.0. The maximum Gasteiger partial charge on any atom is 0.180 e. The molecule has 0 spiro atoms. The predicted octanol–water partition coefficient (Wildman–Crippen LogP) is 5.56. The van der Waals surface area contributed by atoms with Crippen LogP contribution in [0.2, 0.25) is 0 Å². The van der Waals surface area contributed by atoms with E-state index < -0.39 is 18.3 Å². The first-order valence-electron chi connectivity index (χ1n) is 10.6. The number of rotatable bonds is 1. The number of aliphatic hydroxyl groups excluding tert-OH is 2. The molecule has 3 aromatic rings. The van der Waals surface area contributed by atoms with Gasteiger partial charge in [-0.3, -0.25) is 0 Å². The molecule has 2 aromatic heterocycles. The Morgan fingerprint density at radius 3 is 2.07 bits per heavy atom. The molecule has 3 atom stereocenters. The second-order valence-corrected chi connectivity index (χ2v) is 5.96. The van der Waals surface area contributed by atoms with Crippen molar-refractivity contribution in [2.75, 3.05) is 0 Å². The van der Waals surface area contributed by atoms with Gasteiger partial charge in [-0.2, -0.15) is 0 Å². The molecule has 0 fully saturated rings. The van der Waals surface area contributed by atoms with Crippen molar-refractivity contribution in [3.05, 3.63) is 65.1 Å². The molecule has 0 bridgehead atoms. The average Bonchev–Trinajstić information content (AvgIpc) is 3.09. The monoisotopic (exact) mass is 400 g/mol. The Bertz CT molecular complexity index is 875. The molecule has 5 nitrogen and oxygen atoms in total. The minimum absolute atomic E-state index is 0.537. The van der Waals surface area contributed by atoms with E-state index in [9.17, 15) is 10.2 Å². The first-order valence-corrected chi connectivity index (χ1v) is 10.6. The fourth-order valence-corrected chi connectivity index (χ4v) is 3.14. The molecular weight excluding hydrogens is 364 g/mol. The zero-order valence-corrected chi connectivity index (χ0v) is 19.0. The van der Waals surface area contributed by atoms with Crippen LogP contribution >= 0.6 is 0 Å². The van der Waals surface area contributed by atoms with Crippen molar-refractivity contribution >= 4 is 5.65 Å². The largest absolute Gasteiger partial charge is 0.479 e. The minimum Gasteiger partial charge on any atom is -0.479 e. The Morgan fingerprint density at radius 2 is 1.48 bits per heavy atom. The van der Waals surface area contributed by atoms with Crippen LogP contribution in [0.25, 0.3) is 5.65 Å². The number of nitrogens with zero attached hydrogens (tertiary/aromatic N) is 2. The summed E-state index contributed by atoms with van der Waals surface area (Å²) >= 11 is 0. The molecule has 160 valence electrons. The highest BCUT2D eigenvalue weighted by Gasteiger charge is 2.38. The summed E-state index contributed by atoms with van der Waals surface area (Å²) in [5, 5.41) is 21.0. The summed E-state index contributed by atoms with van der Waals surface area (Å²) in [5.41, 5.74) is 4.01. The number of imidazole rings is 1. The van der Waals surface area contributed by atoms with Crippen LogP contribution in [0.4, 0.5) is 0 Å². The number of aromatic nitrogens is 2. The van der Waals surface area contributed by atoms with Crippen LogP contribution in [-0.4, -0.2) is 25.7 Å². The molecule has 0 saturated carbocycles. The molecule has 2 N–H and O–H groups in total. The molecule has 1 aliphatic rings. The van der Waals surface area contributed by atoms with Crippen molar-refractivity contribution in [1.29, 1.82) is 0 Å². The third kappa shape index (κ3) is 4.80. The summed E-state index contributed by atoms with van der Waals surface area (Å²) in [7, 11) is 0. The first kappa shape index (κ1) is 24.7. The van der Waals surface area contributed by atoms with E-state index >= 15 is 0 Å². The lowest BCUT2D eigenvalue weighted by atomic mass is 9.93. The maximum absolute atomic E-state index is 10.5. The van der Waals surface area contributed by atoms with Gasteiger partial charge in [-0.15, -0.1) is 0 Å². The summed E-state index contributed by atoms with van der Waals surface area (Å²) in [6.07, 6.45) is -0.802. The van der Waals surface area contributed by atoms with Gasteiger partial charge in [-0.1, -0.05) is 71.9 Å². The lowest BCUT2D eigenvalue weighted by Gasteiger charge is -2.34. The standard InChI is InChI=1S/C18H18N2O3.3C2H6/c1-10-11(2)20-9-8-13-14(21)15(22)16(12-6-4-3-5-7-12)23-17(13)18(20)19-10;3*1-2/h3-9,14-16,21-22H,1-2H3;3*1-2H3. The molecule has 1 aliphatic heterocycles. The summed E-state index contributed by atoms with van der Waals surface area (Å²) in [5.74, 6) is 0.537. The Labute approximate surface area is 175 Å². The molecule has 0 aliphatic carbocycles. The van der Waals surface area contributed by atoms with E-state index in [0.717, 1.165) is 17.0 Å². The van der Waals surface area contributed by atoms with E-state index in [1.807, 2.05) is 96.3 Å². The van der Waals surface area contributed by atoms with Crippen molar-refractivity contribution in [2.45, 2.75) is 73.7 Å². The Kier molecular flexibility index (Phi) is 9.86. The summed E-state index contributed by atoms with van der Waals surface area (Å²) < 4.78 is 8.03. The van der Waals surface area contributed by atoms with Crippen molar-refractivity contribution in [3.8, 4) is 5.75 Å². The summed E-state index contributed by atoms with van der Waals surface area (Å²) in [4.78, 5) is 4.56. The van der Waals surface area contributed by atoms with Crippen LogP contribution in [0.5, 0.6) is 5.75 Å². The van der Waals surface area contributed by atoms with Crippen LogP contribution < -0.4 is 4.74 Å². The second kappa shape index (κ2) is 11.6. The van der Waals surface area contributed by atoms with Crippen LogP contribution in [-0.2, 0) is 0 Å². The van der Waals surface area contributed by atoms with E-state index in [2.05, 4.69) is 4.98 Å². The number of benzene rings is 1. The van der Waals surface area contributed by atoms with Crippen LogP contribution in [0.15, 0.2) is 42.6 Å². The van der Waals surface area contributed by atoms with Gasteiger partial charge in [0.25, 0.3) is 0 Å². The Morgan fingerprint density at radius 1 is 0.897 bits per heavy atom. The molecular formula is C24H36N2O3. The number of aliphatic hydroxyl groups is 2. The van der Waals surface area contributed by atoms with E-state index in [1.54, 1.807) is 6.07 Å². The molecule has 1 aromatic carbocycles. The number of hydrogen-bond donors (Lipinski definition) is 2. The van der Waals surface area contributed by atoms with Crippen LogP contribution in [0.3, 0.4) is 0 Å². The Hall–Kier alpha value is -2.37. The van der Waals surface area contributed by atoms with E-state index in [4.69, 9.17) is 4.74 Å². The van der Waals surface area contributed by atoms with Gasteiger partial charge in [0.05, 0.1) is 5.69 Å². The SMILES string of the molecule is CC.CC.CC.Cc1nc2c3c(ccn2c1C)C(O)C(O)C(c1ccccc1)O3. The molecule has 3 unspecified atom stereocenters. The molecule has 0 radical (unpaired) electrons. The Balaban J connectivity index is 0.000000644.